The van der Waals surface area contributed by atoms with Gasteiger partial charge in [0.2, 0.25) is 12.3 Å². The van der Waals surface area contributed by atoms with Crippen molar-refractivity contribution >= 4 is 23.2 Å². The van der Waals surface area contributed by atoms with Crippen molar-refractivity contribution in [1.82, 2.24) is 10.2 Å². The fraction of sp³-hybridized carbons (Fsp3) is 0. The van der Waals surface area contributed by atoms with Gasteiger partial charge < -0.3 is 9.73 Å². The van der Waals surface area contributed by atoms with Gasteiger partial charge in [0.1, 0.15) is 0 Å². The van der Waals surface area contributed by atoms with Crippen LogP contribution >= 0.6 is 11.6 Å². The molecule has 3 rings (SSSR count). The summed E-state index contributed by atoms with van der Waals surface area (Å²) in [5, 5.41) is 10.9. The molecular formula is C15H10ClN3O2. The first-order valence-electron chi connectivity index (χ1n) is 6.16. The lowest BCUT2D eigenvalue weighted by Crippen LogP contribution is -2.11. The van der Waals surface area contributed by atoms with Crippen molar-refractivity contribution in [3.05, 3.63) is 65.5 Å². The normalized spacial score (nSPS) is 10.3. The number of amides is 1. The molecule has 0 unspecified atom stereocenters. The van der Waals surface area contributed by atoms with Crippen molar-refractivity contribution < 1.29 is 9.21 Å². The Bertz CT molecular complexity index is 755. The van der Waals surface area contributed by atoms with Crippen LogP contribution in [0.25, 0.3) is 11.5 Å². The molecule has 3 aromatic rings. The van der Waals surface area contributed by atoms with Crippen molar-refractivity contribution in [2.45, 2.75) is 0 Å². The second-order valence-electron chi connectivity index (χ2n) is 4.29. The van der Waals surface area contributed by atoms with Gasteiger partial charge in [0.25, 0.3) is 5.91 Å². The van der Waals surface area contributed by atoms with Crippen LogP contribution in [-0.2, 0) is 0 Å². The summed E-state index contributed by atoms with van der Waals surface area (Å²) in [7, 11) is 0. The molecule has 0 fully saturated rings. The van der Waals surface area contributed by atoms with Gasteiger partial charge in [0, 0.05) is 21.8 Å². The van der Waals surface area contributed by atoms with Crippen LogP contribution in [0, 0.1) is 0 Å². The highest BCUT2D eigenvalue weighted by Gasteiger charge is 2.08. The highest BCUT2D eigenvalue weighted by Crippen LogP contribution is 2.21. The third kappa shape index (κ3) is 3.09. The van der Waals surface area contributed by atoms with Gasteiger partial charge in [0.05, 0.1) is 0 Å². The molecule has 0 radical (unpaired) electrons. The fourth-order valence-corrected chi connectivity index (χ4v) is 1.96. The second kappa shape index (κ2) is 5.76. The van der Waals surface area contributed by atoms with Crippen molar-refractivity contribution in [3.63, 3.8) is 0 Å². The lowest BCUT2D eigenvalue weighted by Gasteiger charge is -2.06. The molecule has 0 aliphatic carbocycles. The molecule has 1 aromatic heterocycles. The molecule has 0 aliphatic heterocycles. The maximum Gasteiger partial charge on any atom is 0.255 e. The minimum atomic E-state index is -0.214. The summed E-state index contributed by atoms with van der Waals surface area (Å²) in [6.45, 7) is 0. The van der Waals surface area contributed by atoms with Crippen LogP contribution < -0.4 is 5.32 Å². The maximum atomic E-state index is 12.1. The number of nitrogens with one attached hydrogen (secondary N) is 1. The molecule has 0 aliphatic rings. The molecular weight excluding hydrogens is 290 g/mol. The van der Waals surface area contributed by atoms with E-state index in [1.165, 1.54) is 6.39 Å². The van der Waals surface area contributed by atoms with Gasteiger partial charge in [-0.05, 0) is 42.5 Å². The van der Waals surface area contributed by atoms with Crippen LogP contribution in [0.15, 0.2) is 59.3 Å². The van der Waals surface area contributed by atoms with E-state index in [1.807, 2.05) is 6.07 Å². The standard InChI is InChI=1S/C15H10ClN3O2/c16-12-6-4-10(5-7-12)14(20)18-13-3-1-2-11(8-13)15-19-17-9-21-15/h1-9H,(H,18,20). The lowest BCUT2D eigenvalue weighted by molar-refractivity contribution is 0.102. The zero-order valence-electron chi connectivity index (χ0n) is 10.8. The van der Waals surface area contributed by atoms with Crippen molar-refractivity contribution in [1.29, 1.82) is 0 Å². The van der Waals surface area contributed by atoms with Crippen molar-refractivity contribution in [3.8, 4) is 11.5 Å². The van der Waals surface area contributed by atoms with E-state index in [0.717, 1.165) is 5.56 Å². The quantitative estimate of drug-likeness (QED) is 0.801. The third-order valence-electron chi connectivity index (χ3n) is 2.83. The minimum absolute atomic E-state index is 0.214. The predicted octanol–water partition coefficient (Wildman–Crippen LogP) is 3.64. The molecule has 1 amide bonds. The number of benzene rings is 2. The molecule has 0 spiro atoms. The Morgan fingerprint density at radius 1 is 1.14 bits per heavy atom. The molecule has 0 atom stereocenters. The SMILES string of the molecule is O=C(Nc1cccc(-c2nnco2)c1)c1ccc(Cl)cc1. The molecule has 1 N–H and O–H groups in total. The topological polar surface area (TPSA) is 68.0 Å². The van der Waals surface area contributed by atoms with Crippen LogP contribution in [0.2, 0.25) is 5.02 Å². The summed E-state index contributed by atoms with van der Waals surface area (Å²) in [6.07, 6.45) is 1.26. The Balaban J connectivity index is 1.80. The van der Waals surface area contributed by atoms with E-state index in [0.29, 0.717) is 22.2 Å². The van der Waals surface area contributed by atoms with Crippen LogP contribution in [0.5, 0.6) is 0 Å². The number of carbonyl (C=O) groups excluding carboxylic acids is 1. The van der Waals surface area contributed by atoms with Crippen molar-refractivity contribution in [2.75, 3.05) is 5.32 Å². The molecule has 21 heavy (non-hydrogen) atoms. The van der Waals surface area contributed by atoms with Gasteiger partial charge in [-0.3, -0.25) is 4.79 Å². The van der Waals surface area contributed by atoms with E-state index >= 15 is 0 Å². The molecule has 5 nitrogen and oxygen atoms in total. The predicted molar refractivity (Wildman–Crippen MR) is 79.1 cm³/mol. The van der Waals surface area contributed by atoms with Crippen LogP contribution in [0.3, 0.4) is 0 Å². The summed E-state index contributed by atoms with van der Waals surface area (Å²) in [4.78, 5) is 12.1. The fourth-order valence-electron chi connectivity index (χ4n) is 1.83. The Morgan fingerprint density at radius 2 is 1.95 bits per heavy atom. The molecule has 104 valence electrons. The number of rotatable bonds is 3. The zero-order chi connectivity index (χ0) is 14.7. The number of hydrogen-bond donors (Lipinski definition) is 1. The first-order chi connectivity index (χ1) is 10.2. The van der Waals surface area contributed by atoms with E-state index in [2.05, 4.69) is 15.5 Å². The van der Waals surface area contributed by atoms with Gasteiger partial charge >= 0.3 is 0 Å². The first-order valence-corrected chi connectivity index (χ1v) is 6.54. The summed E-state index contributed by atoms with van der Waals surface area (Å²) < 4.78 is 5.13. The number of hydrogen-bond acceptors (Lipinski definition) is 4. The van der Waals surface area contributed by atoms with Gasteiger partial charge in [-0.25, -0.2) is 0 Å². The van der Waals surface area contributed by atoms with Crippen LogP contribution in [-0.4, -0.2) is 16.1 Å². The highest BCUT2D eigenvalue weighted by molar-refractivity contribution is 6.30. The van der Waals surface area contributed by atoms with Gasteiger partial charge in [-0.2, -0.15) is 0 Å². The van der Waals surface area contributed by atoms with Crippen LogP contribution in [0.1, 0.15) is 10.4 Å². The molecule has 2 aromatic carbocycles. The summed E-state index contributed by atoms with van der Waals surface area (Å²) in [5.74, 6) is 0.187. The van der Waals surface area contributed by atoms with Crippen LogP contribution in [0.4, 0.5) is 5.69 Å². The van der Waals surface area contributed by atoms with E-state index in [-0.39, 0.29) is 5.91 Å². The van der Waals surface area contributed by atoms with Gasteiger partial charge in [-0.15, -0.1) is 10.2 Å². The molecule has 1 heterocycles. The average molecular weight is 300 g/mol. The molecule has 0 saturated heterocycles. The van der Waals surface area contributed by atoms with Crippen molar-refractivity contribution in [2.24, 2.45) is 0 Å². The van der Waals surface area contributed by atoms with E-state index < -0.39 is 0 Å². The zero-order valence-corrected chi connectivity index (χ0v) is 11.5. The molecule has 0 saturated carbocycles. The Hall–Kier alpha value is -2.66. The lowest BCUT2D eigenvalue weighted by atomic mass is 10.1. The molecule has 0 bridgehead atoms. The molecule has 6 heteroatoms. The number of anilines is 1. The summed E-state index contributed by atoms with van der Waals surface area (Å²) >= 11 is 5.80. The monoisotopic (exact) mass is 299 g/mol. The van der Waals surface area contributed by atoms with Gasteiger partial charge in [0.15, 0.2) is 0 Å². The van der Waals surface area contributed by atoms with E-state index in [1.54, 1.807) is 42.5 Å². The van der Waals surface area contributed by atoms with E-state index in [4.69, 9.17) is 16.0 Å². The Morgan fingerprint density at radius 3 is 2.67 bits per heavy atom. The van der Waals surface area contributed by atoms with E-state index in [9.17, 15) is 4.79 Å². The maximum absolute atomic E-state index is 12.1. The van der Waals surface area contributed by atoms with Gasteiger partial charge in [-0.1, -0.05) is 17.7 Å². The first kappa shape index (κ1) is 13.3. The smallest absolute Gasteiger partial charge is 0.255 e. The third-order valence-corrected chi connectivity index (χ3v) is 3.09. The summed E-state index contributed by atoms with van der Waals surface area (Å²) in [5.41, 5.74) is 1.91. The highest BCUT2D eigenvalue weighted by atomic mass is 35.5. The number of nitrogens with zero attached hydrogens (tertiary/aromatic N) is 2. The second-order valence-corrected chi connectivity index (χ2v) is 4.72. The number of aromatic nitrogens is 2. The number of halogens is 1. The number of carbonyl (C=O) groups is 1. The average Bonchev–Trinajstić information content (AvgIpc) is 3.02. The minimum Gasteiger partial charge on any atom is -0.423 e. The Labute approximate surface area is 125 Å². The Kier molecular flexibility index (Phi) is 3.66. The summed E-state index contributed by atoms with van der Waals surface area (Å²) in [6, 6.07) is 13.9. The largest absolute Gasteiger partial charge is 0.423 e.